The van der Waals surface area contributed by atoms with Crippen molar-refractivity contribution in [1.82, 2.24) is 10.0 Å². The van der Waals surface area contributed by atoms with Crippen molar-refractivity contribution in [3.05, 3.63) is 0 Å². The van der Waals surface area contributed by atoms with Crippen LogP contribution in [0.15, 0.2) is 0 Å². The summed E-state index contributed by atoms with van der Waals surface area (Å²) in [5.74, 6) is 1.43. The molecular weight excluding hydrogens is 326 g/mol. The first-order chi connectivity index (χ1) is 11.3. The number of nitrogens with two attached hydrogens (primary N) is 1. The second-order valence-corrected chi connectivity index (χ2v) is 9.91. The number of hydrogen-bond acceptors (Lipinski definition) is 4. The van der Waals surface area contributed by atoms with Gasteiger partial charge < -0.3 is 11.1 Å². The molecule has 3 saturated carbocycles. The van der Waals surface area contributed by atoms with E-state index < -0.39 is 10.0 Å². The highest BCUT2D eigenvalue weighted by molar-refractivity contribution is 7.88. The van der Waals surface area contributed by atoms with Crippen LogP contribution in [0.4, 0.5) is 0 Å². The zero-order valence-electron chi connectivity index (χ0n) is 14.5. The molecule has 4 atom stereocenters. The Balaban J connectivity index is 1.50. The Kier molecular flexibility index (Phi) is 5.52. The molecule has 4 N–H and O–H groups in total. The molecule has 3 fully saturated rings. The van der Waals surface area contributed by atoms with Gasteiger partial charge in [-0.3, -0.25) is 4.79 Å². The molecule has 1 amide bonds. The van der Waals surface area contributed by atoms with Gasteiger partial charge in [0.1, 0.15) is 0 Å². The molecule has 0 aromatic rings. The summed E-state index contributed by atoms with van der Waals surface area (Å²) >= 11 is 0. The summed E-state index contributed by atoms with van der Waals surface area (Å²) in [6, 6.07) is 0.237. The lowest BCUT2D eigenvalue weighted by molar-refractivity contribution is -0.128. The van der Waals surface area contributed by atoms with Crippen molar-refractivity contribution in [2.24, 2.45) is 29.4 Å². The van der Waals surface area contributed by atoms with Crippen LogP contribution < -0.4 is 15.8 Å². The average molecular weight is 358 g/mol. The summed E-state index contributed by atoms with van der Waals surface area (Å²) in [6.07, 6.45) is 9.43. The second-order valence-electron chi connectivity index (χ2n) is 8.13. The van der Waals surface area contributed by atoms with Crippen LogP contribution in [-0.2, 0) is 14.8 Å². The number of rotatable bonds is 5. The molecule has 0 aromatic carbocycles. The highest BCUT2D eigenvalue weighted by Crippen LogP contribution is 2.41. The van der Waals surface area contributed by atoms with E-state index in [1.165, 1.54) is 12.7 Å². The predicted molar refractivity (Wildman–Crippen MR) is 93.6 cm³/mol. The molecule has 7 heteroatoms. The fourth-order valence-electron chi connectivity index (χ4n) is 5.09. The van der Waals surface area contributed by atoms with Crippen LogP contribution in [0.3, 0.4) is 0 Å². The van der Waals surface area contributed by atoms with E-state index in [1.54, 1.807) is 0 Å². The fraction of sp³-hybridized carbons (Fsp3) is 0.941. The van der Waals surface area contributed by atoms with Gasteiger partial charge in [-0.2, -0.15) is 0 Å². The van der Waals surface area contributed by atoms with E-state index in [-0.39, 0.29) is 29.8 Å². The molecule has 6 nitrogen and oxygen atoms in total. The highest BCUT2D eigenvalue weighted by Gasteiger charge is 2.40. The standard InChI is InChI=1S/C17H31N3O3S/c1-24(22,23)20-15-7-3-6-13(15)10-19-17(21)14-8-11-4-2-5-12(9-14)16(11)18/h11-16,20H,2-10,18H2,1H3,(H,19,21). The number of carbonyl (C=O) groups excluding carboxylic acids is 1. The summed E-state index contributed by atoms with van der Waals surface area (Å²) in [6.45, 7) is 0.573. The van der Waals surface area contributed by atoms with Crippen LogP contribution in [0, 0.1) is 23.7 Å². The van der Waals surface area contributed by atoms with Crippen LogP contribution in [-0.4, -0.2) is 39.2 Å². The zero-order chi connectivity index (χ0) is 17.3. The summed E-state index contributed by atoms with van der Waals surface area (Å²) in [4.78, 5) is 12.6. The highest BCUT2D eigenvalue weighted by atomic mass is 32.2. The molecule has 0 radical (unpaired) electrons. The molecule has 0 saturated heterocycles. The molecule has 138 valence electrons. The smallest absolute Gasteiger partial charge is 0.223 e. The van der Waals surface area contributed by atoms with Crippen LogP contribution in [0.5, 0.6) is 0 Å². The Morgan fingerprint density at radius 3 is 2.33 bits per heavy atom. The number of amides is 1. The van der Waals surface area contributed by atoms with Crippen molar-refractivity contribution in [2.45, 2.75) is 63.5 Å². The van der Waals surface area contributed by atoms with Gasteiger partial charge in [-0.05, 0) is 56.3 Å². The van der Waals surface area contributed by atoms with E-state index in [1.807, 2.05) is 0 Å². The maximum absolute atomic E-state index is 12.6. The quantitative estimate of drug-likeness (QED) is 0.682. The normalized spacial score (nSPS) is 39.6. The molecule has 24 heavy (non-hydrogen) atoms. The molecule has 2 bridgehead atoms. The molecular formula is C17H31N3O3S. The van der Waals surface area contributed by atoms with Crippen molar-refractivity contribution in [2.75, 3.05) is 12.8 Å². The van der Waals surface area contributed by atoms with E-state index >= 15 is 0 Å². The van der Waals surface area contributed by atoms with Gasteiger partial charge in [0.25, 0.3) is 0 Å². The van der Waals surface area contributed by atoms with Crippen molar-refractivity contribution in [3.63, 3.8) is 0 Å². The van der Waals surface area contributed by atoms with Gasteiger partial charge in [0.2, 0.25) is 15.9 Å². The Hall–Kier alpha value is -0.660. The lowest BCUT2D eigenvalue weighted by atomic mass is 9.65. The Morgan fingerprint density at radius 1 is 1.08 bits per heavy atom. The van der Waals surface area contributed by atoms with E-state index in [0.29, 0.717) is 18.4 Å². The minimum absolute atomic E-state index is 0.0422. The third-order valence-electron chi connectivity index (χ3n) is 6.35. The average Bonchev–Trinajstić information content (AvgIpc) is 2.89. The summed E-state index contributed by atoms with van der Waals surface area (Å²) in [7, 11) is -3.19. The van der Waals surface area contributed by atoms with Gasteiger partial charge in [0.15, 0.2) is 0 Å². The second kappa shape index (κ2) is 7.30. The summed E-state index contributed by atoms with van der Waals surface area (Å²) < 4.78 is 25.6. The molecule has 3 aliphatic carbocycles. The van der Waals surface area contributed by atoms with E-state index in [9.17, 15) is 13.2 Å². The van der Waals surface area contributed by atoms with Crippen molar-refractivity contribution < 1.29 is 13.2 Å². The van der Waals surface area contributed by atoms with E-state index in [0.717, 1.165) is 44.9 Å². The minimum Gasteiger partial charge on any atom is -0.356 e. The van der Waals surface area contributed by atoms with Crippen LogP contribution >= 0.6 is 0 Å². The minimum atomic E-state index is -3.19. The molecule has 3 rings (SSSR count). The first-order valence-electron chi connectivity index (χ1n) is 9.34. The molecule has 0 spiro atoms. The topological polar surface area (TPSA) is 101 Å². The van der Waals surface area contributed by atoms with Gasteiger partial charge in [0, 0.05) is 24.5 Å². The third-order valence-corrected chi connectivity index (χ3v) is 7.08. The maximum atomic E-state index is 12.6. The van der Waals surface area contributed by atoms with E-state index in [2.05, 4.69) is 10.0 Å². The van der Waals surface area contributed by atoms with Crippen molar-refractivity contribution in [3.8, 4) is 0 Å². The molecule has 0 aliphatic heterocycles. The fourth-order valence-corrected chi connectivity index (χ4v) is 5.95. The molecule has 3 aliphatic rings. The third kappa shape index (κ3) is 4.29. The number of fused-ring (bicyclic) bond motifs is 2. The Bertz CT molecular complexity index is 551. The summed E-state index contributed by atoms with van der Waals surface area (Å²) in [5.41, 5.74) is 6.30. The van der Waals surface area contributed by atoms with Crippen molar-refractivity contribution >= 4 is 15.9 Å². The number of sulfonamides is 1. The largest absolute Gasteiger partial charge is 0.356 e. The summed E-state index contributed by atoms with van der Waals surface area (Å²) in [5, 5.41) is 3.10. The van der Waals surface area contributed by atoms with Gasteiger partial charge in [-0.1, -0.05) is 12.8 Å². The predicted octanol–water partition coefficient (Wildman–Crippen LogP) is 0.974. The number of carbonyl (C=O) groups is 1. The van der Waals surface area contributed by atoms with Gasteiger partial charge in [-0.25, -0.2) is 13.1 Å². The SMILES string of the molecule is CS(=O)(=O)NC1CCCC1CNC(=O)C1CC2CCCC(C1)C2N. The zero-order valence-corrected chi connectivity index (χ0v) is 15.4. The first kappa shape index (κ1) is 18.1. The lowest BCUT2D eigenvalue weighted by Gasteiger charge is -2.43. The Labute approximate surface area is 145 Å². The molecule has 0 aromatic heterocycles. The van der Waals surface area contributed by atoms with Gasteiger partial charge >= 0.3 is 0 Å². The van der Waals surface area contributed by atoms with Gasteiger partial charge in [-0.15, -0.1) is 0 Å². The van der Waals surface area contributed by atoms with Gasteiger partial charge in [0.05, 0.1) is 6.26 Å². The number of hydrogen-bond donors (Lipinski definition) is 3. The maximum Gasteiger partial charge on any atom is 0.223 e. The monoisotopic (exact) mass is 357 g/mol. The molecule has 4 unspecified atom stereocenters. The van der Waals surface area contributed by atoms with Crippen LogP contribution in [0.2, 0.25) is 0 Å². The van der Waals surface area contributed by atoms with Crippen molar-refractivity contribution in [1.29, 1.82) is 0 Å². The van der Waals surface area contributed by atoms with E-state index in [4.69, 9.17) is 5.73 Å². The number of nitrogens with one attached hydrogen (secondary N) is 2. The van der Waals surface area contributed by atoms with Crippen LogP contribution in [0.1, 0.15) is 51.4 Å². The Morgan fingerprint density at radius 2 is 1.71 bits per heavy atom. The lowest BCUT2D eigenvalue weighted by Crippen LogP contribution is -2.50. The molecule has 0 heterocycles. The van der Waals surface area contributed by atoms with Crippen LogP contribution in [0.25, 0.3) is 0 Å². The first-order valence-corrected chi connectivity index (χ1v) is 11.2.